The highest BCUT2D eigenvalue weighted by atomic mass is 35.5. The van der Waals surface area contributed by atoms with Gasteiger partial charge in [0.05, 0.1) is 6.61 Å². The van der Waals surface area contributed by atoms with Gasteiger partial charge in [-0.05, 0) is 6.42 Å². The maximum absolute atomic E-state index is 5.27. The lowest BCUT2D eigenvalue weighted by Crippen LogP contribution is -2.05. The fraction of sp³-hybridized carbons (Fsp3) is 1.00. The van der Waals surface area contributed by atoms with Crippen molar-refractivity contribution in [1.29, 1.82) is 0 Å². The van der Waals surface area contributed by atoms with Gasteiger partial charge in [0, 0.05) is 18.8 Å². The summed E-state index contributed by atoms with van der Waals surface area (Å²) in [5.74, 6) is 0. The van der Waals surface area contributed by atoms with Crippen LogP contribution in [0.2, 0.25) is 0 Å². The van der Waals surface area contributed by atoms with Crippen LogP contribution >= 0.6 is 11.8 Å². The Labute approximate surface area is 49.1 Å². The molecule has 0 aromatic carbocycles. The number of nitrogens with zero attached hydrogens (tertiary/aromatic N) is 1. The lowest BCUT2D eigenvalue weighted by Gasteiger charge is -2.03. The zero-order valence-electron chi connectivity index (χ0n) is 4.65. The fourth-order valence-electron chi connectivity index (χ4n) is 0.217. The van der Waals surface area contributed by atoms with E-state index < -0.39 is 0 Å². The first kappa shape index (κ1) is 7.21. The van der Waals surface area contributed by atoms with E-state index >= 15 is 0 Å². The molecule has 0 saturated heterocycles. The zero-order valence-corrected chi connectivity index (χ0v) is 5.40. The summed E-state index contributed by atoms with van der Waals surface area (Å²) in [6.07, 6.45) is 0.997. The average Bonchev–Trinajstić information content (AvgIpc) is 1.61. The van der Waals surface area contributed by atoms with Gasteiger partial charge in [0.15, 0.2) is 0 Å². The van der Waals surface area contributed by atoms with Crippen molar-refractivity contribution in [3.63, 3.8) is 0 Å². The number of halogens is 1. The van der Waals surface area contributed by atoms with E-state index in [9.17, 15) is 0 Å². The van der Waals surface area contributed by atoms with Gasteiger partial charge in [0.1, 0.15) is 0 Å². The molecule has 0 amide bonds. The molecule has 0 aliphatic heterocycles. The van der Waals surface area contributed by atoms with Gasteiger partial charge in [-0.25, -0.2) is 0 Å². The molecular weight excluding hydrogens is 114 g/mol. The molecule has 0 aliphatic rings. The summed E-state index contributed by atoms with van der Waals surface area (Å²) in [6, 6.07) is 0. The van der Waals surface area contributed by atoms with Crippen molar-refractivity contribution in [2.24, 2.45) is 0 Å². The topological polar surface area (TPSA) is 12.5 Å². The SMILES string of the molecule is CCCON(C)Cl. The summed E-state index contributed by atoms with van der Waals surface area (Å²) in [5.41, 5.74) is 0. The van der Waals surface area contributed by atoms with Gasteiger partial charge in [-0.2, -0.15) is 0 Å². The van der Waals surface area contributed by atoms with Crippen LogP contribution in [-0.4, -0.2) is 18.2 Å². The van der Waals surface area contributed by atoms with E-state index in [4.69, 9.17) is 16.6 Å². The Hall–Kier alpha value is 0.210. The van der Waals surface area contributed by atoms with Crippen LogP contribution in [0.5, 0.6) is 0 Å². The van der Waals surface area contributed by atoms with E-state index in [0.29, 0.717) is 6.61 Å². The second-order valence-corrected chi connectivity index (χ2v) is 1.73. The van der Waals surface area contributed by atoms with Gasteiger partial charge in [-0.3, -0.25) is 4.84 Å². The lowest BCUT2D eigenvalue weighted by molar-refractivity contribution is -0.0634. The van der Waals surface area contributed by atoms with E-state index in [1.807, 2.05) is 6.92 Å². The van der Waals surface area contributed by atoms with Gasteiger partial charge < -0.3 is 0 Å². The van der Waals surface area contributed by atoms with Crippen molar-refractivity contribution < 1.29 is 4.84 Å². The minimum Gasteiger partial charge on any atom is -0.284 e. The highest BCUT2D eigenvalue weighted by Crippen LogP contribution is 1.89. The van der Waals surface area contributed by atoms with Crippen LogP contribution in [0.3, 0.4) is 0 Å². The molecule has 2 nitrogen and oxygen atoms in total. The van der Waals surface area contributed by atoms with Crippen LogP contribution in [0.4, 0.5) is 0 Å². The molecule has 44 valence electrons. The predicted octanol–water partition coefficient (Wildman–Crippen LogP) is 1.41. The smallest absolute Gasteiger partial charge is 0.0697 e. The van der Waals surface area contributed by atoms with Crippen LogP contribution in [0.15, 0.2) is 0 Å². The zero-order chi connectivity index (χ0) is 5.70. The molecule has 3 heteroatoms. The van der Waals surface area contributed by atoms with Gasteiger partial charge in [0.25, 0.3) is 0 Å². The first-order valence-electron chi connectivity index (χ1n) is 2.29. The summed E-state index contributed by atoms with van der Waals surface area (Å²) >= 11 is 5.27. The Morgan fingerprint density at radius 2 is 2.29 bits per heavy atom. The van der Waals surface area contributed by atoms with Gasteiger partial charge in [0.2, 0.25) is 0 Å². The molecular formula is C4H10ClNO. The van der Waals surface area contributed by atoms with Gasteiger partial charge >= 0.3 is 0 Å². The Morgan fingerprint density at radius 3 is 2.43 bits per heavy atom. The van der Waals surface area contributed by atoms with E-state index in [0.717, 1.165) is 6.42 Å². The summed E-state index contributed by atoms with van der Waals surface area (Å²) < 4.78 is 1.18. The Kier molecular flexibility index (Phi) is 4.50. The molecule has 7 heavy (non-hydrogen) atoms. The third-order valence-corrected chi connectivity index (χ3v) is 0.571. The summed E-state index contributed by atoms with van der Waals surface area (Å²) in [4.78, 5) is 4.79. The van der Waals surface area contributed by atoms with Crippen LogP contribution < -0.4 is 0 Å². The van der Waals surface area contributed by atoms with Crippen LogP contribution in [0, 0.1) is 0 Å². The van der Waals surface area contributed by atoms with Crippen molar-refractivity contribution >= 4 is 11.8 Å². The van der Waals surface area contributed by atoms with Crippen molar-refractivity contribution in [3.8, 4) is 0 Å². The Morgan fingerprint density at radius 1 is 1.71 bits per heavy atom. The van der Waals surface area contributed by atoms with Gasteiger partial charge in [-0.15, -0.1) is 4.58 Å². The molecule has 0 aromatic rings. The molecule has 0 radical (unpaired) electrons. The van der Waals surface area contributed by atoms with E-state index in [1.54, 1.807) is 7.05 Å². The molecule has 0 aliphatic carbocycles. The van der Waals surface area contributed by atoms with E-state index in [1.165, 1.54) is 4.58 Å². The maximum atomic E-state index is 5.27. The predicted molar refractivity (Wildman–Crippen MR) is 29.9 cm³/mol. The second-order valence-electron chi connectivity index (χ2n) is 1.25. The largest absolute Gasteiger partial charge is 0.284 e. The molecule has 0 aromatic heterocycles. The normalized spacial score (nSPS) is 10.3. The van der Waals surface area contributed by atoms with Crippen molar-refractivity contribution in [1.82, 2.24) is 4.58 Å². The maximum Gasteiger partial charge on any atom is 0.0697 e. The molecule has 0 atom stereocenters. The third kappa shape index (κ3) is 6.21. The average molecular weight is 124 g/mol. The molecule has 0 bridgehead atoms. The summed E-state index contributed by atoms with van der Waals surface area (Å²) in [6.45, 7) is 2.72. The molecule has 0 unspecified atom stereocenters. The molecule has 0 spiro atoms. The standard InChI is InChI=1S/C4H10ClNO/c1-3-4-7-6(2)5/h3-4H2,1-2H3. The van der Waals surface area contributed by atoms with Crippen molar-refractivity contribution in [3.05, 3.63) is 0 Å². The monoisotopic (exact) mass is 123 g/mol. The quantitative estimate of drug-likeness (QED) is 0.416. The second kappa shape index (κ2) is 4.37. The van der Waals surface area contributed by atoms with E-state index in [-0.39, 0.29) is 0 Å². The van der Waals surface area contributed by atoms with Crippen LogP contribution in [0.25, 0.3) is 0 Å². The number of rotatable bonds is 3. The molecule has 0 rings (SSSR count). The molecule has 0 N–H and O–H groups in total. The van der Waals surface area contributed by atoms with Crippen LogP contribution in [0.1, 0.15) is 13.3 Å². The highest BCUT2D eigenvalue weighted by molar-refractivity contribution is 6.12. The van der Waals surface area contributed by atoms with Crippen molar-refractivity contribution in [2.45, 2.75) is 13.3 Å². The van der Waals surface area contributed by atoms with Gasteiger partial charge in [-0.1, -0.05) is 6.92 Å². The Bertz CT molecular complexity index is 40.7. The Balaban J connectivity index is 2.68. The van der Waals surface area contributed by atoms with Crippen molar-refractivity contribution in [2.75, 3.05) is 13.7 Å². The lowest BCUT2D eigenvalue weighted by atomic mass is 10.5. The van der Waals surface area contributed by atoms with Crippen LogP contribution in [-0.2, 0) is 4.84 Å². The number of hydrogen-bond acceptors (Lipinski definition) is 2. The first-order chi connectivity index (χ1) is 3.27. The van der Waals surface area contributed by atoms with E-state index in [2.05, 4.69) is 0 Å². The fourth-order valence-corrected chi connectivity index (χ4v) is 0.286. The third-order valence-electron chi connectivity index (χ3n) is 0.473. The summed E-state index contributed by atoms with van der Waals surface area (Å²) in [7, 11) is 1.65. The number of hydroxylamine groups is 1. The molecule has 0 heterocycles. The molecule has 0 fully saturated rings. The minimum absolute atomic E-state index is 0.694. The summed E-state index contributed by atoms with van der Waals surface area (Å²) in [5, 5.41) is 0. The first-order valence-corrected chi connectivity index (χ1v) is 2.63. The number of hydrogen-bond donors (Lipinski definition) is 0. The highest BCUT2D eigenvalue weighted by Gasteiger charge is 1.85. The minimum atomic E-state index is 0.694. The molecule has 0 saturated carbocycles.